The fourth-order valence-electron chi connectivity index (χ4n) is 12.3. The van der Waals surface area contributed by atoms with Gasteiger partial charge in [0.05, 0.1) is 5.69 Å². The molecule has 302 valence electrons. The Bertz CT molecular complexity index is 3610. The van der Waals surface area contributed by atoms with Crippen molar-refractivity contribution in [1.29, 1.82) is 0 Å². The molecule has 0 fully saturated rings. The fourth-order valence-corrected chi connectivity index (χ4v) is 17.9. The standard InChI is InChI=1S/C59H43BN2OSi/c1-36-33-44-41-22-16-28-54-58(41)62(46-23-11-15-27-53(46)64(54)51-25-13-9-19-39(51)40-20-10-14-26-52(40)64)60-56(44)48(34-36)61(47-31-32-50-55(57(47)60)42-21-8-12-24-49(42)63-50)45-30-29-38(59(2,3)4)35-43(45)37-17-6-5-7-18-37/h5-35H,1-4H3. The average molecular weight is 835 g/mol. The van der Waals surface area contributed by atoms with E-state index < -0.39 is 8.07 Å². The van der Waals surface area contributed by atoms with Crippen LogP contribution in [-0.2, 0) is 5.41 Å². The minimum Gasteiger partial charge on any atom is -0.456 e. The molecule has 9 aromatic carbocycles. The highest BCUT2D eigenvalue weighted by Gasteiger charge is 2.58. The van der Waals surface area contributed by atoms with Crippen LogP contribution < -0.4 is 41.4 Å². The van der Waals surface area contributed by atoms with Gasteiger partial charge in [-0.3, -0.25) is 0 Å². The molecule has 1 aromatic heterocycles. The highest BCUT2D eigenvalue weighted by Crippen LogP contribution is 2.51. The lowest BCUT2D eigenvalue weighted by atomic mass is 9.42. The van der Waals surface area contributed by atoms with Crippen LogP contribution in [-0.4, -0.2) is 14.9 Å². The lowest BCUT2D eigenvalue weighted by molar-refractivity contribution is 0.590. The molecule has 5 heteroatoms. The van der Waals surface area contributed by atoms with Gasteiger partial charge in [0, 0.05) is 44.6 Å². The van der Waals surface area contributed by atoms with Gasteiger partial charge in [-0.1, -0.05) is 166 Å². The first-order valence-corrected chi connectivity index (χ1v) is 24.6. The molecule has 0 saturated carbocycles. The van der Waals surface area contributed by atoms with Crippen molar-refractivity contribution in [3.63, 3.8) is 0 Å². The van der Waals surface area contributed by atoms with E-state index in [9.17, 15) is 0 Å². The second-order valence-corrected chi connectivity index (χ2v) is 22.9. The number of para-hydroxylation sites is 3. The smallest absolute Gasteiger partial charge is 0.333 e. The summed E-state index contributed by atoms with van der Waals surface area (Å²) in [4.78, 5) is 5.36. The summed E-state index contributed by atoms with van der Waals surface area (Å²) in [7, 11) is -2.81. The van der Waals surface area contributed by atoms with E-state index in [0.717, 1.165) is 16.6 Å². The van der Waals surface area contributed by atoms with E-state index in [2.05, 4.69) is 225 Å². The largest absolute Gasteiger partial charge is 0.456 e. The summed E-state index contributed by atoms with van der Waals surface area (Å²) in [6.07, 6.45) is 0. The van der Waals surface area contributed by atoms with Crippen molar-refractivity contribution in [1.82, 2.24) is 0 Å². The van der Waals surface area contributed by atoms with E-state index >= 15 is 0 Å². The summed E-state index contributed by atoms with van der Waals surface area (Å²) in [5, 5.41) is 8.21. The van der Waals surface area contributed by atoms with Crippen LogP contribution in [0.2, 0.25) is 0 Å². The second kappa shape index (κ2) is 12.6. The van der Waals surface area contributed by atoms with Gasteiger partial charge in [-0.05, 0) is 120 Å². The van der Waals surface area contributed by atoms with Crippen molar-refractivity contribution in [2.45, 2.75) is 33.1 Å². The molecule has 0 aliphatic carbocycles. The van der Waals surface area contributed by atoms with Crippen molar-refractivity contribution in [3.05, 3.63) is 199 Å². The minimum absolute atomic E-state index is 0.0264. The Morgan fingerprint density at radius 3 is 1.91 bits per heavy atom. The average Bonchev–Trinajstić information content (AvgIpc) is 3.85. The van der Waals surface area contributed by atoms with Crippen LogP contribution >= 0.6 is 0 Å². The Balaban J connectivity index is 1.16. The summed E-state index contributed by atoms with van der Waals surface area (Å²) in [6, 6.07) is 71.5. The zero-order chi connectivity index (χ0) is 42.6. The van der Waals surface area contributed by atoms with Crippen LogP contribution in [0.25, 0.3) is 55.3 Å². The minimum atomic E-state index is -2.81. The third-order valence-corrected chi connectivity index (χ3v) is 19.8. The Kier molecular flexibility index (Phi) is 7.15. The van der Waals surface area contributed by atoms with Gasteiger partial charge in [-0.15, -0.1) is 0 Å². The topological polar surface area (TPSA) is 19.6 Å². The van der Waals surface area contributed by atoms with Crippen molar-refractivity contribution in [3.8, 4) is 33.4 Å². The highest BCUT2D eigenvalue weighted by atomic mass is 28.3. The monoisotopic (exact) mass is 834 g/mol. The Hall–Kier alpha value is -7.34. The molecule has 0 amide bonds. The zero-order valence-corrected chi connectivity index (χ0v) is 37.3. The molecule has 0 atom stereocenters. The number of fused-ring (bicyclic) bond motifs is 17. The van der Waals surface area contributed by atoms with Gasteiger partial charge in [-0.25, -0.2) is 0 Å². The van der Waals surface area contributed by atoms with Gasteiger partial charge in [0.15, 0.2) is 8.07 Å². The van der Waals surface area contributed by atoms with Crippen molar-refractivity contribution >= 4 is 97.0 Å². The number of hydrogen-bond acceptors (Lipinski definition) is 3. The SMILES string of the molecule is Cc1cc2c3c(c1)N(c1ccc(C(C)(C)C)cc1-c1ccccc1)c1ccc4oc5ccccc5c4c1B3N1c3ccccc3[Si]3(c4ccccc4-c4ccccc43)c3cccc-2c31. The van der Waals surface area contributed by atoms with E-state index in [1.807, 2.05) is 0 Å². The number of benzene rings is 9. The van der Waals surface area contributed by atoms with E-state index in [-0.39, 0.29) is 12.3 Å². The van der Waals surface area contributed by atoms with Crippen LogP contribution in [0.1, 0.15) is 31.9 Å². The third kappa shape index (κ3) is 4.52. The molecular weight excluding hydrogens is 792 g/mol. The Morgan fingerprint density at radius 1 is 0.469 bits per heavy atom. The van der Waals surface area contributed by atoms with Gasteiger partial charge >= 0.3 is 6.85 Å². The number of hydrogen-bond donors (Lipinski definition) is 0. The molecule has 4 aliphatic rings. The normalized spacial score (nSPS) is 14.6. The van der Waals surface area contributed by atoms with Crippen molar-refractivity contribution in [2.75, 3.05) is 9.71 Å². The molecule has 1 spiro atoms. The maximum absolute atomic E-state index is 6.82. The molecule has 0 N–H and O–H groups in total. The molecule has 0 saturated heterocycles. The van der Waals surface area contributed by atoms with Crippen molar-refractivity contribution in [2.24, 2.45) is 0 Å². The highest BCUT2D eigenvalue weighted by molar-refractivity contribution is 7.24. The fraction of sp³-hybridized carbons (Fsp3) is 0.0847. The van der Waals surface area contributed by atoms with E-state index in [1.54, 1.807) is 0 Å². The van der Waals surface area contributed by atoms with Crippen molar-refractivity contribution < 1.29 is 4.42 Å². The van der Waals surface area contributed by atoms with E-state index in [1.165, 1.54) is 110 Å². The first-order valence-electron chi connectivity index (χ1n) is 22.6. The molecule has 0 radical (unpaired) electrons. The molecule has 4 aliphatic heterocycles. The third-order valence-electron chi connectivity index (χ3n) is 14.8. The number of anilines is 5. The molecule has 3 nitrogen and oxygen atoms in total. The van der Waals surface area contributed by atoms with Gasteiger partial charge in [0.2, 0.25) is 0 Å². The summed E-state index contributed by atoms with van der Waals surface area (Å²) in [6.45, 7) is 9.07. The predicted octanol–water partition coefficient (Wildman–Crippen LogP) is 11.2. The Morgan fingerprint density at radius 2 is 1.12 bits per heavy atom. The lowest BCUT2D eigenvalue weighted by Crippen LogP contribution is -2.78. The molecule has 0 bridgehead atoms. The molecule has 14 rings (SSSR count). The number of rotatable bonds is 2. The number of furan rings is 1. The van der Waals surface area contributed by atoms with Crippen LogP contribution in [0, 0.1) is 6.92 Å². The molecule has 0 unspecified atom stereocenters. The van der Waals surface area contributed by atoms with Crippen LogP contribution in [0.5, 0.6) is 0 Å². The lowest BCUT2D eigenvalue weighted by Gasteiger charge is -2.52. The van der Waals surface area contributed by atoms with E-state index in [0.29, 0.717) is 0 Å². The quantitative estimate of drug-likeness (QED) is 0.162. The summed E-state index contributed by atoms with van der Waals surface area (Å²) < 4.78 is 6.82. The van der Waals surface area contributed by atoms with E-state index in [4.69, 9.17) is 4.42 Å². The first-order chi connectivity index (χ1) is 31.3. The predicted molar refractivity (Wildman–Crippen MR) is 272 cm³/mol. The number of aryl methyl sites for hydroxylation is 1. The maximum atomic E-state index is 6.82. The van der Waals surface area contributed by atoms with Gasteiger partial charge in [0.1, 0.15) is 11.2 Å². The maximum Gasteiger partial charge on any atom is 0.333 e. The molecule has 64 heavy (non-hydrogen) atoms. The van der Waals surface area contributed by atoms with Crippen LogP contribution in [0.3, 0.4) is 0 Å². The molecular formula is C59H43BN2OSi. The van der Waals surface area contributed by atoms with Gasteiger partial charge in [-0.2, -0.15) is 0 Å². The molecule has 10 aromatic rings. The Labute approximate surface area is 375 Å². The first kappa shape index (κ1) is 36.2. The van der Waals surface area contributed by atoms with Gasteiger partial charge in [0.25, 0.3) is 0 Å². The summed E-state index contributed by atoms with van der Waals surface area (Å²) >= 11 is 0. The molecule has 5 heterocycles. The van der Waals surface area contributed by atoms with Gasteiger partial charge < -0.3 is 14.1 Å². The summed E-state index contributed by atoms with van der Waals surface area (Å²) in [5.41, 5.74) is 21.0. The van der Waals surface area contributed by atoms with Crippen LogP contribution in [0.15, 0.2) is 192 Å². The number of nitrogens with zero attached hydrogens (tertiary/aromatic N) is 2. The zero-order valence-electron chi connectivity index (χ0n) is 36.3. The second-order valence-electron chi connectivity index (χ2n) is 19.2. The van der Waals surface area contributed by atoms with Crippen LogP contribution in [0.4, 0.5) is 28.4 Å². The summed E-state index contributed by atoms with van der Waals surface area (Å²) in [5.74, 6) is 0.